The maximum Gasteiger partial charge on any atom is 0.151 e. The molecule has 6 heteroatoms. The maximum atomic E-state index is 5.96. The molecule has 2 saturated heterocycles. The van der Waals surface area contributed by atoms with Gasteiger partial charge in [-0.15, -0.1) is 5.10 Å². The van der Waals surface area contributed by atoms with Crippen LogP contribution in [0, 0.1) is 5.92 Å². The van der Waals surface area contributed by atoms with Crippen LogP contribution in [0.2, 0.25) is 0 Å². The van der Waals surface area contributed by atoms with Crippen LogP contribution in [0.25, 0.3) is 0 Å². The monoisotopic (exact) mass is 306 g/mol. The van der Waals surface area contributed by atoms with Crippen molar-refractivity contribution in [2.24, 2.45) is 5.92 Å². The molecule has 1 aromatic heterocycles. The molecule has 0 saturated carbocycles. The largest absolute Gasteiger partial charge is 0.381 e. The van der Waals surface area contributed by atoms with Crippen LogP contribution < -0.4 is 4.90 Å². The molecule has 2 atom stereocenters. The van der Waals surface area contributed by atoms with Gasteiger partial charge in [-0.1, -0.05) is 0 Å². The molecule has 1 aromatic rings. The summed E-state index contributed by atoms with van der Waals surface area (Å²) in [5.74, 6) is 1.62. The van der Waals surface area contributed by atoms with E-state index in [2.05, 4.69) is 26.9 Å². The van der Waals surface area contributed by atoms with Gasteiger partial charge in [0.15, 0.2) is 5.82 Å². The molecular formula is C16H26N4O2. The third-order valence-electron chi connectivity index (χ3n) is 4.45. The van der Waals surface area contributed by atoms with Gasteiger partial charge in [0.1, 0.15) is 0 Å². The lowest BCUT2D eigenvalue weighted by Crippen LogP contribution is -2.49. The van der Waals surface area contributed by atoms with Gasteiger partial charge in [-0.05, 0) is 31.4 Å². The third kappa shape index (κ3) is 4.15. The molecule has 0 bridgehead atoms. The van der Waals surface area contributed by atoms with E-state index in [1.54, 1.807) is 6.20 Å². The first-order valence-corrected chi connectivity index (χ1v) is 8.29. The van der Waals surface area contributed by atoms with E-state index in [0.717, 1.165) is 58.4 Å². The van der Waals surface area contributed by atoms with Crippen molar-refractivity contribution in [2.75, 3.05) is 57.4 Å². The van der Waals surface area contributed by atoms with Crippen molar-refractivity contribution < 1.29 is 9.47 Å². The van der Waals surface area contributed by atoms with Crippen molar-refractivity contribution >= 4 is 5.82 Å². The second-order valence-corrected chi connectivity index (χ2v) is 6.10. The summed E-state index contributed by atoms with van der Waals surface area (Å²) in [5.41, 5.74) is 0. The lowest BCUT2D eigenvalue weighted by Gasteiger charge is -2.36. The Balaban J connectivity index is 1.52. The van der Waals surface area contributed by atoms with Crippen molar-refractivity contribution in [2.45, 2.75) is 19.4 Å². The molecule has 0 radical (unpaired) electrons. The smallest absolute Gasteiger partial charge is 0.151 e. The summed E-state index contributed by atoms with van der Waals surface area (Å²) in [4.78, 5) is 4.76. The molecule has 0 amide bonds. The van der Waals surface area contributed by atoms with Crippen LogP contribution in [0.3, 0.4) is 0 Å². The molecule has 0 spiro atoms. The van der Waals surface area contributed by atoms with Crippen molar-refractivity contribution in [3.05, 3.63) is 18.3 Å². The first-order valence-electron chi connectivity index (χ1n) is 8.29. The Bertz CT molecular complexity index is 439. The number of rotatable bonds is 6. The highest BCUT2D eigenvalue weighted by molar-refractivity contribution is 5.36. The van der Waals surface area contributed by atoms with Crippen LogP contribution >= 0.6 is 0 Å². The highest BCUT2D eigenvalue weighted by Gasteiger charge is 2.26. The maximum absolute atomic E-state index is 5.96. The zero-order chi connectivity index (χ0) is 15.2. The molecule has 6 nitrogen and oxygen atoms in total. The highest BCUT2D eigenvalue weighted by atomic mass is 16.5. The van der Waals surface area contributed by atoms with E-state index in [1.165, 1.54) is 6.42 Å². The minimum Gasteiger partial charge on any atom is -0.381 e. The molecule has 2 aliphatic rings. The number of ether oxygens (including phenoxy) is 2. The van der Waals surface area contributed by atoms with Gasteiger partial charge in [-0.25, -0.2) is 0 Å². The van der Waals surface area contributed by atoms with E-state index < -0.39 is 0 Å². The van der Waals surface area contributed by atoms with Crippen LogP contribution in [0.5, 0.6) is 0 Å². The fourth-order valence-corrected chi connectivity index (χ4v) is 3.24. The number of anilines is 1. The molecular weight excluding hydrogens is 280 g/mol. The molecule has 0 N–H and O–H groups in total. The zero-order valence-electron chi connectivity index (χ0n) is 13.4. The standard InChI is InChI=1S/C16H26N4O2/c1-2-20(16-4-3-6-17-18-16)12-15-11-19(7-9-22-15)10-14-5-8-21-13-14/h3-4,6,14-15H,2,5,7-13H2,1H3/t14-,15-/m1/s1. The van der Waals surface area contributed by atoms with Gasteiger partial charge in [0, 0.05) is 45.5 Å². The number of aromatic nitrogens is 2. The summed E-state index contributed by atoms with van der Waals surface area (Å²) in [5, 5.41) is 8.18. The molecule has 2 fully saturated rings. The topological polar surface area (TPSA) is 50.7 Å². The van der Waals surface area contributed by atoms with Crippen molar-refractivity contribution in [3.8, 4) is 0 Å². The lowest BCUT2D eigenvalue weighted by atomic mass is 10.1. The molecule has 3 heterocycles. The molecule has 122 valence electrons. The van der Waals surface area contributed by atoms with Crippen molar-refractivity contribution in [1.29, 1.82) is 0 Å². The molecule has 0 unspecified atom stereocenters. The Morgan fingerprint density at radius 1 is 1.41 bits per heavy atom. The van der Waals surface area contributed by atoms with Gasteiger partial charge in [-0.2, -0.15) is 5.10 Å². The Morgan fingerprint density at radius 3 is 3.09 bits per heavy atom. The molecule has 22 heavy (non-hydrogen) atoms. The Kier molecular flexibility index (Phi) is 5.58. The predicted octanol–water partition coefficient (Wildman–Crippen LogP) is 1.04. The summed E-state index contributed by atoms with van der Waals surface area (Å²) in [6.45, 7) is 9.75. The fraction of sp³-hybridized carbons (Fsp3) is 0.750. The van der Waals surface area contributed by atoms with Gasteiger partial charge in [-0.3, -0.25) is 4.90 Å². The quantitative estimate of drug-likeness (QED) is 0.783. The van der Waals surface area contributed by atoms with Gasteiger partial charge in [0.05, 0.1) is 19.3 Å². The minimum atomic E-state index is 0.234. The first kappa shape index (κ1) is 15.6. The van der Waals surface area contributed by atoms with E-state index in [1.807, 2.05) is 12.1 Å². The third-order valence-corrected chi connectivity index (χ3v) is 4.45. The Morgan fingerprint density at radius 2 is 2.36 bits per heavy atom. The second kappa shape index (κ2) is 7.85. The van der Waals surface area contributed by atoms with Crippen molar-refractivity contribution in [3.63, 3.8) is 0 Å². The van der Waals surface area contributed by atoms with E-state index in [-0.39, 0.29) is 6.10 Å². The lowest BCUT2D eigenvalue weighted by molar-refractivity contribution is -0.0288. The molecule has 2 aliphatic heterocycles. The highest BCUT2D eigenvalue weighted by Crippen LogP contribution is 2.17. The number of hydrogen-bond donors (Lipinski definition) is 0. The van der Waals surface area contributed by atoms with Crippen molar-refractivity contribution in [1.82, 2.24) is 15.1 Å². The average Bonchev–Trinajstić information content (AvgIpc) is 3.07. The number of likely N-dealkylation sites (N-methyl/N-ethyl adjacent to an activating group) is 1. The normalized spacial score (nSPS) is 26.2. The summed E-state index contributed by atoms with van der Waals surface area (Å²) >= 11 is 0. The SMILES string of the molecule is CCN(C[C@H]1CN(C[C@H]2CCOC2)CCO1)c1cccnn1. The molecule has 0 aliphatic carbocycles. The summed E-state index contributed by atoms with van der Waals surface area (Å²) in [7, 11) is 0. The fourth-order valence-electron chi connectivity index (χ4n) is 3.24. The number of nitrogens with zero attached hydrogens (tertiary/aromatic N) is 4. The summed E-state index contributed by atoms with van der Waals surface area (Å²) in [6, 6.07) is 3.94. The minimum absolute atomic E-state index is 0.234. The van der Waals surface area contributed by atoms with Gasteiger partial charge in [0.2, 0.25) is 0 Å². The van der Waals surface area contributed by atoms with E-state index in [0.29, 0.717) is 5.92 Å². The average molecular weight is 306 g/mol. The second-order valence-electron chi connectivity index (χ2n) is 6.10. The molecule has 3 rings (SSSR count). The predicted molar refractivity (Wildman–Crippen MR) is 85.0 cm³/mol. The van der Waals surface area contributed by atoms with E-state index in [9.17, 15) is 0 Å². The summed E-state index contributed by atoms with van der Waals surface area (Å²) in [6.07, 6.45) is 3.14. The van der Waals surface area contributed by atoms with E-state index >= 15 is 0 Å². The van der Waals surface area contributed by atoms with E-state index in [4.69, 9.17) is 9.47 Å². The van der Waals surface area contributed by atoms with Crippen LogP contribution in [0.15, 0.2) is 18.3 Å². The summed E-state index contributed by atoms with van der Waals surface area (Å²) < 4.78 is 11.4. The van der Waals surface area contributed by atoms with Gasteiger partial charge < -0.3 is 14.4 Å². The van der Waals surface area contributed by atoms with Gasteiger partial charge in [0.25, 0.3) is 0 Å². The zero-order valence-corrected chi connectivity index (χ0v) is 13.4. The number of hydrogen-bond acceptors (Lipinski definition) is 6. The number of morpholine rings is 1. The van der Waals surface area contributed by atoms with Crippen LogP contribution in [0.4, 0.5) is 5.82 Å². The van der Waals surface area contributed by atoms with Crippen LogP contribution in [-0.2, 0) is 9.47 Å². The van der Waals surface area contributed by atoms with Crippen LogP contribution in [-0.4, -0.2) is 73.7 Å². The first-order chi connectivity index (χ1) is 10.8. The Labute approximate surface area is 132 Å². The Hall–Kier alpha value is -1.24. The van der Waals surface area contributed by atoms with Crippen LogP contribution in [0.1, 0.15) is 13.3 Å². The van der Waals surface area contributed by atoms with Gasteiger partial charge >= 0.3 is 0 Å². The molecule has 0 aromatic carbocycles.